The van der Waals surface area contributed by atoms with Crippen molar-refractivity contribution in [3.05, 3.63) is 52.3 Å². The van der Waals surface area contributed by atoms with E-state index in [1.54, 1.807) is 39.0 Å². The van der Waals surface area contributed by atoms with Gasteiger partial charge in [0.15, 0.2) is 6.10 Å². The molecule has 8 heteroatoms. The molecule has 1 aromatic heterocycles. The lowest BCUT2D eigenvalue weighted by atomic mass is 10.1. The first-order valence-corrected chi connectivity index (χ1v) is 10.3. The number of nitrogens with one attached hydrogen (secondary N) is 1. The van der Waals surface area contributed by atoms with Crippen LogP contribution in [-0.2, 0) is 20.3 Å². The Morgan fingerprint density at radius 1 is 1.14 bits per heavy atom. The molecule has 2 rings (SSSR count). The van der Waals surface area contributed by atoms with Crippen LogP contribution in [0.4, 0.5) is 0 Å². The van der Waals surface area contributed by atoms with Crippen LogP contribution in [-0.4, -0.2) is 45.9 Å². The monoisotopic (exact) mass is 405 g/mol. The van der Waals surface area contributed by atoms with Gasteiger partial charge >= 0.3 is 11.9 Å². The highest BCUT2D eigenvalue weighted by molar-refractivity contribution is 7.84. The molecule has 0 aliphatic heterocycles. The Bertz CT molecular complexity index is 946. The standard InChI is InChI=1S/C20H23NO6S/c1-6-26-20(24)16-11(2)17(21-12(16)3)18(22)13(4)27-19(23)14-9-7-8-10-15(14)28(5)25/h7-10,13,21H,6H2,1-5H3/t13-,28-/m0/s1. The smallest absolute Gasteiger partial charge is 0.340 e. The van der Waals surface area contributed by atoms with Crippen molar-refractivity contribution in [1.29, 1.82) is 0 Å². The van der Waals surface area contributed by atoms with Crippen molar-refractivity contribution in [2.45, 2.75) is 38.7 Å². The van der Waals surface area contributed by atoms with Gasteiger partial charge in [0.2, 0.25) is 5.78 Å². The summed E-state index contributed by atoms with van der Waals surface area (Å²) in [7, 11) is -1.38. The summed E-state index contributed by atoms with van der Waals surface area (Å²) in [5.41, 5.74) is 1.58. The zero-order valence-corrected chi connectivity index (χ0v) is 17.3. The number of Topliss-reactive ketones (excluding diaryl/α,β-unsaturated/α-hetero) is 1. The highest BCUT2D eigenvalue weighted by atomic mass is 32.2. The maximum atomic E-state index is 12.8. The van der Waals surface area contributed by atoms with Crippen molar-refractivity contribution < 1.29 is 28.1 Å². The van der Waals surface area contributed by atoms with Crippen molar-refractivity contribution in [2.75, 3.05) is 12.9 Å². The van der Waals surface area contributed by atoms with E-state index in [0.717, 1.165) is 0 Å². The Hall–Kier alpha value is -2.74. The van der Waals surface area contributed by atoms with Crippen molar-refractivity contribution in [2.24, 2.45) is 0 Å². The fourth-order valence-electron chi connectivity index (χ4n) is 2.87. The van der Waals surface area contributed by atoms with Gasteiger partial charge in [0.05, 0.1) is 39.1 Å². The molecule has 0 amide bonds. The first-order chi connectivity index (χ1) is 13.2. The number of rotatable bonds is 7. The Morgan fingerprint density at radius 2 is 1.79 bits per heavy atom. The third-order valence-electron chi connectivity index (χ3n) is 4.23. The van der Waals surface area contributed by atoms with Crippen LogP contribution in [0.5, 0.6) is 0 Å². The van der Waals surface area contributed by atoms with Gasteiger partial charge in [0.25, 0.3) is 0 Å². The predicted octanol–water partition coefficient (Wildman–Crippen LogP) is 2.97. The Kier molecular flexibility index (Phi) is 6.90. The highest BCUT2D eigenvalue weighted by Gasteiger charge is 2.28. The van der Waals surface area contributed by atoms with E-state index in [2.05, 4.69) is 4.98 Å². The summed E-state index contributed by atoms with van der Waals surface area (Å²) >= 11 is 0. The topological polar surface area (TPSA) is 103 Å². The summed E-state index contributed by atoms with van der Waals surface area (Å²) < 4.78 is 22.1. The molecule has 1 heterocycles. The number of aryl methyl sites for hydroxylation is 1. The summed E-state index contributed by atoms with van der Waals surface area (Å²) in [5, 5.41) is 0. The van der Waals surface area contributed by atoms with Crippen LogP contribution in [0.15, 0.2) is 29.2 Å². The Morgan fingerprint density at radius 3 is 2.39 bits per heavy atom. The van der Waals surface area contributed by atoms with E-state index in [-0.39, 0.29) is 17.9 Å². The number of aromatic nitrogens is 1. The van der Waals surface area contributed by atoms with E-state index in [1.807, 2.05) is 0 Å². The van der Waals surface area contributed by atoms with Crippen LogP contribution in [0.2, 0.25) is 0 Å². The van der Waals surface area contributed by atoms with Crippen molar-refractivity contribution in [1.82, 2.24) is 4.98 Å². The Balaban J connectivity index is 2.24. The number of carbonyl (C=O) groups excluding carboxylic acids is 3. The van der Waals surface area contributed by atoms with Crippen LogP contribution in [0.1, 0.15) is 56.3 Å². The first kappa shape index (κ1) is 21.6. The normalized spacial score (nSPS) is 12.9. The number of benzene rings is 1. The predicted molar refractivity (Wildman–Crippen MR) is 104 cm³/mol. The number of hydrogen-bond acceptors (Lipinski definition) is 6. The maximum absolute atomic E-state index is 12.8. The minimum Gasteiger partial charge on any atom is -0.462 e. The van der Waals surface area contributed by atoms with E-state index in [4.69, 9.17) is 9.47 Å². The van der Waals surface area contributed by atoms with Crippen LogP contribution < -0.4 is 0 Å². The lowest BCUT2D eigenvalue weighted by Crippen LogP contribution is -2.26. The summed E-state index contributed by atoms with van der Waals surface area (Å²) in [5.74, 6) is -1.73. The van der Waals surface area contributed by atoms with Gasteiger partial charge in [-0.05, 0) is 45.4 Å². The largest absolute Gasteiger partial charge is 0.462 e. The summed E-state index contributed by atoms with van der Waals surface area (Å²) in [6, 6.07) is 6.37. The molecule has 0 unspecified atom stereocenters. The number of H-pyrrole nitrogens is 1. The summed E-state index contributed by atoms with van der Waals surface area (Å²) in [4.78, 5) is 40.6. The van der Waals surface area contributed by atoms with Gasteiger partial charge in [-0.1, -0.05) is 12.1 Å². The van der Waals surface area contributed by atoms with Crippen LogP contribution in [0, 0.1) is 13.8 Å². The maximum Gasteiger partial charge on any atom is 0.340 e. The van der Waals surface area contributed by atoms with Crippen LogP contribution >= 0.6 is 0 Å². The van der Waals surface area contributed by atoms with Crippen molar-refractivity contribution in [3.63, 3.8) is 0 Å². The molecule has 0 aliphatic carbocycles. The van der Waals surface area contributed by atoms with Gasteiger partial charge in [-0.15, -0.1) is 0 Å². The fraction of sp³-hybridized carbons (Fsp3) is 0.350. The lowest BCUT2D eigenvalue weighted by molar-refractivity contribution is 0.0313. The van der Waals surface area contributed by atoms with E-state index in [1.165, 1.54) is 19.2 Å². The molecule has 0 saturated heterocycles. The second-order valence-corrected chi connectivity index (χ2v) is 7.56. The highest BCUT2D eigenvalue weighted by Crippen LogP contribution is 2.22. The average Bonchev–Trinajstić information content (AvgIpc) is 2.95. The molecule has 28 heavy (non-hydrogen) atoms. The van der Waals surface area contributed by atoms with E-state index < -0.39 is 34.6 Å². The van der Waals surface area contributed by atoms with Gasteiger partial charge in [-0.3, -0.25) is 9.00 Å². The van der Waals surface area contributed by atoms with Gasteiger partial charge in [-0.25, -0.2) is 9.59 Å². The number of hydrogen-bond donors (Lipinski definition) is 1. The lowest BCUT2D eigenvalue weighted by Gasteiger charge is -2.13. The molecule has 0 aliphatic rings. The molecule has 0 bridgehead atoms. The van der Waals surface area contributed by atoms with Crippen LogP contribution in [0.25, 0.3) is 0 Å². The van der Waals surface area contributed by atoms with Crippen molar-refractivity contribution >= 4 is 28.5 Å². The molecule has 150 valence electrons. The number of aromatic amines is 1. The second kappa shape index (κ2) is 8.97. The van der Waals surface area contributed by atoms with E-state index in [0.29, 0.717) is 21.7 Å². The molecule has 2 aromatic rings. The molecule has 1 aromatic carbocycles. The third kappa shape index (κ3) is 4.39. The average molecular weight is 405 g/mol. The van der Waals surface area contributed by atoms with Gasteiger partial charge < -0.3 is 14.5 Å². The molecule has 1 N–H and O–H groups in total. The molecule has 0 saturated carbocycles. The molecule has 7 nitrogen and oxygen atoms in total. The van der Waals surface area contributed by atoms with E-state index in [9.17, 15) is 18.6 Å². The second-order valence-electron chi connectivity index (χ2n) is 6.21. The van der Waals surface area contributed by atoms with E-state index >= 15 is 0 Å². The van der Waals surface area contributed by atoms with Gasteiger partial charge in [-0.2, -0.15) is 0 Å². The fourth-order valence-corrected chi connectivity index (χ4v) is 3.60. The number of ether oxygens (including phenoxy) is 2. The zero-order chi connectivity index (χ0) is 21.0. The quantitative estimate of drug-likeness (QED) is 0.561. The third-order valence-corrected chi connectivity index (χ3v) is 5.21. The SMILES string of the molecule is CCOC(=O)c1c(C)[nH]c(C(=O)[C@H](C)OC(=O)c2ccccc2[S@](C)=O)c1C. The molecular weight excluding hydrogens is 382 g/mol. The minimum absolute atomic E-state index is 0.148. The van der Waals surface area contributed by atoms with Crippen LogP contribution in [0.3, 0.4) is 0 Å². The molecular formula is C20H23NO6S. The number of esters is 2. The molecule has 0 fully saturated rings. The molecule has 0 spiro atoms. The molecule has 2 atom stereocenters. The number of carbonyl (C=O) groups is 3. The van der Waals surface area contributed by atoms with Gasteiger partial charge in [0, 0.05) is 11.9 Å². The minimum atomic E-state index is -1.38. The van der Waals surface area contributed by atoms with Crippen molar-refractivity contribution in [3.8, 4) is 0 Å². The zero-order valence-electron chi connectivity index (χ0n) is 16.5. The van der Waals surface area contributed by atoms with Gasteiger partial charge in [0.1, 0.15) is 0 Å². The first-order valence-electron chi connectivity index (χ1n) is 8.72. The summed E-state index contributed by atoms with van der Waals surface area (Å²) in [6.07, 6.45) is 0.362. The number of ketones is 1. The summed E-state index contributed by atoms with van der Waals surface area (Å²) in [6.45, 7) is 6.67. The Labute approximate surface area is 165 Å². The molecule has 0 radical (unpaired) electrons.